The highest BCUT2D eigenvalue weighted by atomic mass is 16.2. The number of hydrogen-bond acceptors (Lipinski definition) is 2. The van der Waals surface area contributed by atoms with E-state index in [0.29, 0.717) is 5.91 Å². The van der Waals surface area contributed by atoms with Crippen molar-refractivity contribution in [3.63, 3.8) is 0 Å². The Balaban J connectivity index is 2.15. The maximum absolute atomic E-state index is 12.3. The number of hydrogen-bond donors (Lipinski definition) is 2. The summed E-state index contributed by atoms with van der Waals surface area (Å²) in [5.41, 5.74) is -0.0898. The molecule has 0 aromatic carbocycles. The Labute approximate surface area is 118 Å². The monoisotopic (exact) mass is 268 g/mol. The van der Waals surface area contributed by atoms with Crippen LogP contribution in [-0.2, 0) is 4.79 Å². The first kappa shape index (κ1) is 16.5. The van der Waals surface area contributed by atoms with Gasteiger partial charge in [-0.3, -0.25) is 4.79 Å². The molecule has 0 unspecified atom stereocenters. The second-order valence-electron chi connectivity index (χ2n) is 5.91. The lowest BCUT2D eigenvalue weighted by Crippen LogP contribution is -2.47. The van der Waals surface area contributed by atoms with Crippen molar-refractivity contribution in [2.24, 2.45) is 5.41 Å². The van der Waals surface area contributed by atoms with Crippen LogP contribution in [0.4, 0.5) is 0 Å². The van der Waals surface area contributed by atoms with Crippen LogP contribution >= 0.6 is 0 Å². The maximum atomic E-state index is 12.3. The summed E-state index contributed by atoms with van der Waals surface area (Å²) in [4.78, 5) is 12.3. The Bertz CT molecular complexity index is 247. The zero-order chi connectivity index (χ0) is 14.0. The minimum atomic E-state index is -0.0898. The second-order valence-corrected chi connectivity index (χ2v) is 5.91. The lowest BCUT2D eigenvalue weighted by Gasteiger charge is -2.35. The third-order valence-corrected chi connectivity index (χ3v) is 4.53. The van der Waals surface area contributed by atoms with Crippen LogP contribution in [0.1, 0.15) is 71.6 Å². The molecule has 112 valence electrons. The Kier molecular flexibility index (Phi) is 8.11. The molecule has 1 amide bonds. The SMILES string of the molecule is CCCCCCCCNC(=O)C1(CC)CCNCC1. The first-order valence-electron chi connectivity index (χ1n) is 8.24. The van der Waals surface area contributed by atoms with Crippen LogP contribution in [0.5, 0.6) is 0 Å². The number of carbonyl (C=O) groups is 1. The largest absolute Gasteiger partial charge is 0.356 e. The summed E-state index contributed by atoms with van der Waals surface area (Å²) in [7, 11) is 0. The summed E-state index contributed by atoms with van der Waals surface area (Å²) in [6, 6.07) is 0. The molecule has 19 heavy (non-hydrogen) atoms. The molecule has 0 radical (unpaired) electrons. The third-order valence-electron chi connectivity index (χ3n) is 4.53. The molecular weight excluding hydrogens is 236 g/mol. The average Bonchev–Trinajstić information content (AvgIpc) is 2.46. The summed E-state index contributed by atoms with van der Waals surface area (Å²) in [6.07, 6.45) is 10.6. The Hall–Kier alpha value is -0.570. The van der Waals surface area contributed by atoms with Crippen molar-refractivity contribution in [2.45, 2.75) is 71.6 Å². The van der Waals surface area contributed by atoms with E-state index in [9.17, 15) is 4.79 Å². The second kappa shape index (κ2) is 9.35. The van der Waals surface area contributed by atoms with Crippen molar-refractivity contribution in [2.75, 3.05) is 19.6 Å². The van der Waals surface area contributed by atoms with Gasteiger partial charge in [0.05, 0.1) is 5.41 Å². The van der Waals surface area contributed by atoms with Crippen LogP contribution < -0.4 is 10.6 Å². The van der Waals surface area contributed by atoms with Gasteiger partial charge in [-0.05, 0) is 38.8 Å². The minimum absolute atomic E-state index is 0.0898. The number of unbranched alkanes of at least 4 members (excludes halogenated alkanes) is 5. The molecule has 0 spiro atoms. The predicted molar refractivity (Wildman–Crippen MR) is 81.2 cm³/mol. The van der Waals surface area contributed by atoms with Crippen molar-refractivity contribution >= 4 is 5.91 Å². The van der Waals surface area contributed by atoms with Crippen molar-refractivity contribution in [1.82, 2.24) is 10.6 Å². The molecule has 1 rings (SSSR count). The van der Waals surface area contributed by atoms with Crippen molar-refractivity contribution < 1.29 is 4.79 Å². The predicted octanol–water partition coefficient (Wildman–Crippen LogP) is 3.24. The highest BCUT2D eigenvalue weighted by molar-refractivity contribution is 5.82. The normalized spacial score (nSPS) is 18.2. The van der Waals surface area contributed by atoms with Crippen LogP contribution in [0.25, 0.3) is 0 Å². The van der Waals surface area contributed by atoms with Crippen molar-refractivity contribution in [3.05, 3.63) is 0 Å². The van der Waals surface area contributed by atoms with Crippen LogP contribution in [0.15, 0.2) is 0 Å². The van der Waals surface area contributed by atoms with Crippen molar-refractivity contribution in [3.8, 4) is 0 Å². The summed E-state index contributed by atoms with van der Waals surface area (Å²) in [6.45, 7) is 7.22. The molecule has 0 aromatic rings. The van der Waals surface area contributed by atoms with Crippen molar-refractivity contribution in [1.29, 1.82) is 0 Å². The zero-order valence-corrected chi connectivity index (χ0v) is 12.9. The smallest absolute Gasteiger partial charge is 0.226 e. The van der Waals surface area contributed by atoms with Gasteiger partial charge in [-0.2, -0.15) is 0 Å². The molecule has 0 aliphatic carbocycles. The molecule has 1 heterocycles. The van der Waals surface area contributed by atoms with Gasteiger partial charge >= 0.3 is 0 Å². The molecule has 0 aromatic heterocycles. The van der Waals surface area contributed by atoms with Gasteiger partial charge in [0.2, 0.25) is 5.91 Å². The van der Waals surface area contributed by atoms with Crippen LogP contribution in [0.2, 0.25) is 0 Å². The molecule has 1 saturated heterocycles. The van der Waals surface area contributed by atoms with Gasteiger partial charge in [-0.15, -0.1) is 0 Å². The van der Waals surface area contributed by atoms with Gasteiger partial charge < -0.3 is 10.6 Å². The molecule has 1 fully saturated rings. The molecule has 1 aliphatic rings. The highest BCUT2D eigenvalue weighted by Gasteiger charge is 2.37. The molecule has 0 bridgehead atoms. The minimum Gasteiger partial charge on any atom is -0.356 e. The first-order chi connectivity index (χ1) is 9.25. The fourth-order valence-corrected chi connectivity index (χ4v) is 2.94. The van der Waals surface area contributed by atoms with E-state index in [0.717, 1.165) is 45.3 Å². The molecular formula is C16H32N2O. The van der Waals surface area contributed by atoms with Crippen LogP contribution in [0, 0.1) is 5.41 Å². The van der Waals surface area contributed by atoms with E-state index in [1.807, 2.05) is 0 Å². The number of rotatable bonds is 9. The molecule has 0 atom stereocenters. The lowest BCUT2D eigenvalue weighted by atomic mass is 9.76. The van der Waals surface area contributed by atoms with Gasteiger partial charge in [-0.25, -0.2) is 0 Å². The van der Waals surface area contributed by atoms with E-state index in [2.05, 4.69) is 24.5 Å². The van der Waals surface area contributed by atoms with Gasteiger partial charge in [0.1, 0.15) is 0 Å². The molecule has 1 aliphatic heterocycles. The maximum Gasteiger partial charge on any atom is 0.226 e. The molecule has 0 saturated carbocycles. The topological polar surface area (TPSA) is 41.1 Å². The van der Waals surface area contributed by atoms with E-state index >= 15 is 0 Å². The number of nitrogens with one attached hydrogen (secondary N) is 2. The van der Waals surface area contributed by atoms with E-state index in [1.54, 1.807) is 0 Å². The van der Waals surface area contributed by atoms with Gasteiger partial charge in [0, 0.05) is 6.54 Å². The summed E-state index contributed by atoms with van der Waals surface area (Å²) >= 11 is 0. The highest BCUT2D eigenvalue weighted by Crippen LogP contribution is 2.32. The number of carbonyl (C=O) groups excluding carboxylic acids is 1. The molecule has 2 N–H and O–H groups in total. The Morgan fingerprint density at radius 1 is 1.05 bits per heavy atom. The van der Waals surface area contributed by atoms with E-state index in [4.69, 9.17) is 0 Å². The van der Waals surface area contributed by atoms with Crippen LogP contribution in [-0.4, -0.2) is 25.5 Å². The van der Waals surface area contributed by atoms with E-state index in [1.165, 1.54) is 32.1 Å². The average molecular weight is 268 g/mol. The van der Waals surface area contributed by atoms with E-state index in [-0.39, 0.29) is 5.41 Å². The fourth-order valence-electron chi connectivity index (χ4n) is 2.94. The van der Waals surface area contributed by atoms with Crippen LogP contribution in [0.3, 0.4) is 0 Å². The Morgan fingerprint density at radius 3 is 2.32 bits per heavy atom. The summed E-state index contributed by atoms with van der Waals surface area (Å²) in [5.74, 6) is 0.296. The third kappa shape index (κ3) is 5.52. The summed E-state index contributed by atoms with van der Waals surface area (Å²) < 4.78 is 0. The zero-order valence-electron chi connectivity index (χ0n) is 12.9. The van der Waals surface area contributed by atoms with E-state index < -0.39 is 0 Å². The standard InChI is InChI=1S/C16H32N2O/c1-3-5-6-7-8-9-12-18-15(19)16(4-2)10-13-17-14-11-16/h17H,3-14H2,1-2H3,(H,18,19). The van der Waals surface area contributed by atoms with Gasteiger partial charge in [0.15, 0.2) is 0 Å². The molecule has 3 heteroatoms. The number of amides is 1. The van der Waals surface area contributed by atoms with Gasteiger partial charge in [0.25, 0.3) is 0 Å². The molecule has 3 nitrogen and oxygen atoms in total. The van der Waals surface area contributed by atoms with Gasteiger partial charge in [-0.1, -0.05) is 46.0 Å². The quantitative estimate of drug-likeness (QED) is 0.630. The number of piperidine rings is 1. The fraction of sp³-hybridized carbons (Fsp3) is 0.938. The summed E-state index contributed by atoms with van der Waals surface area (Å²) in [5, 5.41) is 6.51. The lowest BCUT2D eigenvalue weighted by molar-refractivity contribution is -0.132. The Morgan fingerprint density at radius 2 is 1.68 bits per heavy atom. The first-order valence-corrected chi connectivity index (χ1v) is 8.24.